The van der Waals surface area contributed by atoms with E-state index in [1.54, 1.807) is 44.2 Å². The molecule has 0 aliphatic carbocycles. The Balaban J connectivity index is 2.08. The van der Waals surface area contributed by atoms with E-state index in [4.69, 9.17) is 0 Å². The average molecular weight is 367 g/mol. The van der Waals surface area contributed by atoms with Crippen molar-refractivity contribution in [1.29, 1.82) is 0 Å². The molecule has 0 spiro atoms. The van der Waals surface area contributed by atoms with Crippen molar-refractivity contribution in [3.05, 3.63) is 91.9 Å². The lowest BCUT2D eigenvalue weighted by Gasteiger charge is -2.13. The molecule has 0 unspecified atom stereocenters. The zero-order valence-corrected chi connectivity index (χ0v) is 14.9. The number of aliphatic imine (C=N–C) groups is 1. The van der Waals surface area contributed by atoms with Gasteiger partial charge in [0.1, 0.15) is 11.4 Å². The molecule has 6 nitrogen and oxygen atoms in total. The summed E-state index contributed by atoms with van der Waals surface area (Å²) in [5, 5.41) is 10.6. The molecule has 0 atom stereocenters. The van der Waals surface area contributed by atoms with Gasteiger partial charge in [-0.25, -0.2) is 13.8 Å². The van der Waals surface area contributed by atoms with E-state index in [0.717, 1.165) is 15.7 Å². The Morgan fingerprint density at radius 3 is 2.48 bits per heavy atom. The smallest absolute Gasteiger partial charge is 0.335 e. The fourth-order valence-corrected chi connectivity index (χ4v) is 2.77. The normalized spacial score (nSPS) is 11.6. The summed E-state index contributed by atoms with van der Waals surface area (Å²) in [6, 6.07) is 12.8. The topological polar surface area (TPSA) is 87.4 Å². The van der Waals surface area contributed by atoms with Crippen LogP contribution in [0.15, 0.2) is 63.1 Å². The first-order chi connectivity index (χ1) is 12.9. The van der Waals surface area contributed by atoms with Crippen molar-refractivity contribution >= 4 is 5.71 Å². The van der Waals surface area contributed by atoms with Crippen LogP contribution in [-0.4, -0.2) is 20.4 Å². The monoisotopic (exact) mass is 367 g/mol. The molecule has 0 saturated heterocycles. The van der Waals surface area contributed by atoms with Gasteiger partial charge in [-0.1, -0.05) is 30.3 Å². The third-order valence-corrected chi connectivity index (χ3v) is 4.22. The van der Waals surface area contributed by atoms with Crippen LogP contribution in [0, 0.1) is 12.7 Å². The van der Waals surface area contributed by atoms with Gasteiger partial charge in [0.2, 0.25) is 5.88 Å². The molecule has 1 heterocycles. The van der Waals surface area contributed by atoms with Gasteiger partial charge in [0.25, 0.3) is 5.56 Å². The molecule has 2 aromatic carbocycles. The number of aromatic hydroxyl groups is 1. The lowest BCUT2D eigenvalue weighted by atomic mass is 10.1. The number of halogens is 1. The fraction of sp³-hybridized carbons (Fsp3) is 0.150. The molecule has 0 saturated carbocycles. The van der Waals surface area contributed by atoms with Crippen LogP contribution >= 0.6 is 0 Å². The molecule has 0 amide bonds. The lowest BCUT2D eigenvalue weighted by Crippen LogP contribution is -2.33. The molecule has 27 heavy (non-hydrogen) atoms. The summed E-state index contributed by atoms with van der Waals surface area (Å²) in [5.74, 6) is -0.822. The maximum Gasteiger partial charge on any atom is 0.335 e. The van der Waals surface area contributed by atoms with Crippen LogP contribution in [0.1, 0.15) is 23.6 Å². The Labute approximate surface area is 154 Å². The van der Waals surface area contributed by atoms with Crippen LogP contribution in [-0.2, 0) is 6.54 Å². The zero-order valence-electron chi connectivity index (χ0n) is 14.9. The molecule has 0 radical (unpaired) electrons. The van der Waals surface area contributed by atoms with Gasteiger partial charge in [-0.15, -0.1) is 0 Å². The van der Waals surface area contributed by atoms with Gasteiger partial charge in [-0.3, -0.25) is 14.8 Å². The van der Waals surface area contributed by atoms with Crippen molar-refractivity contribution in [3.63, 3.8) is 0 Å². The number of aromatic nitrogens is 2. The van der Waals surface area contributed by atoms with Gasteiger partial charge >= 0.3 is 5.69 Å². The highest BCUT2D eigenvalue weighted by Gasteiger charge is 2.18. The molecule has 7 heteroatoms. The minimum absolute atomic E-state index is 0.0834. The average Bonchev–Trinajstić information content (AvgIpc) is 2.62. The largest absolute Gasteiger partial charge is 0.493 e. The molecular formula is C20H18FN3O3. The van der Waals surface area contributed by atoms with E-state index in [2.05, 4.69) is 9.98 Å². The SMILES string of the molecule is CC(=NCc1ccc(F)cc1)c1c(O)n(-c2ccccc2C)c(=O)[nH]c1=O. The second kappa shape index (κ2) is 7.41. The summed E-state index contributed by atoms with van der Waals surface area (Å²) >= 11 is 0. The van der Waals surface area contributed by atoms with E-state index in [1.165, 1.54) is 12.1 Å². The Bertz CT molecular complexity index is 1130. The molecule has 2 N–H and O–H groups in total. The number of aryl methyl sites for hydroxylation is 1. The van der Waals surface area contributed by atoms with Crippen molar-refractivity contribution < 1.29 is 9.50 Å². The molecule has 138 valence electrons. The molecule has 0 fully saturated rings. The van der Waals surface area contributed by atoms with Gasteiger partial charge < -0.3 is 5.11 Å². The van der Waals surface area contributed by atoms with E-state index in [0.29, 0.717) is 5.69 Å². The van der Waals surface area contributed by atoms with Gasteiger partial charge in [0, 0.05) is 0 Å². The predicted octanol–water partition coefficient (Wildman–Crippen LogP) is 2.69. The molecule has 0 aliphatic heterocycles. The first-order valence-corrected chi connectivity index (χ1v) is 8.28. The quantitative estimate of drug-likeness (QED) is 0.695. The summed E-state index contributed by atoms with van der Waals surface area (Å²) in [6.45, 7) is 3.57. The van der Waals surface area contributed by atoms with Crippen LogP contribution in [0.3, 0.4) is 0 Å². The first kappa shape index (κ1) is 18.3. The third kappa shape index (κ3) is 3.72. The van der Waals surface area contributed by atoms with Crippen LogP contribution in [0.4, 0.5) is 4.39 Å². The summed E-state index contributed by atoms with van der Waals surface area (Å²) in [6.07, 6.45) is 0. The van der Waals surface area contributed by atoms with Gasteiger partial charge in [0.05, 0.1) is 17.9 Å². The highest BCUT2D eigenvalue weighted by atomic mass is 19.1. The zero-order chi connectivity index (χ0) is 19.6. The second-order valence-electron chi connectivity index (χ2n) is 6.11. The number of nitrogens with one attached hydrogen (secondary N) is 1. The lowest BCUT2D eigenvalue weighted by molar-refractivity contribution is 0.429. The Kier molecular flexibility index (Phi) is 5.03. The molecule has 3 aromatic rings. The van der Waals surface area contributed by atoms with Gasteiger partial charge in [-0.05, 0) is 43.2 Å². The number of hydrogen-bond donors (Lipinski definition) is 2. The number of rotatable bonds is 4. The Morgan fingerprint density at radius 2 is 1.81 bits per heavy atom. The standard InChI is InChI=1S/C20H18FN3O3/c1-12-5-3-4-6-16(12)24-19(26)17(18(25)23-20(24)27)13(2)22-11-14-7-9-15(21)10-8-14/h3-10,26H,11H2,1-2H3,(H,23,25,27). The number of benzene rings is 2. The summed E-state index contributed by atoms with van der Waals surface area (Å²) in [5.41, 5.74) is 0.696. The number of nitrogens with zero attached hydrogens (tertiary/aromatic N) is 2. The van der Waals surface area contributed by atoms with Crippen molar-refractivity contribution in [2.24, 2.45) is 4.99 Å². The Hall–Kier alpha value is -3.48. The van der Waals surface area contributed by atoms with Crippen molar-refractivity contribution in [3.8, 4) is 11.6 Å². The predicted molar refractivity (Wildman–Crippen MR) is 101 cm³/mol. The highest BCUT2D eigenvalue weighted by Crippen LogP contribution is 2.20. The molecule has 3 rings (SSSR count). The summed E-state index contributed by atoms with van der Waals surface area (Å²) in [7, 11) is 0. The van der Waals surface area contributed by atoms with E-state index < -0.39 is 17.1 Å². The van der Waals surface area contributed by atoms with Crippen molar-refractivity contribution in [2.75, 3.05) is 0 Å². The molecular weight excluding hydrogens is 349 g/mol. The maximum absolute atomic E-state index is 13.0. The van der Waals surface area contributed by atoms with E-state index in [1.807, 2.05) is 6.07 Å². The van der Waals surface area contributed by atoms with Crippen LogP contribution in [0.2, 0.25) is 0 Å². The van der Waals surface area contributed by atoms with Crippen molar-refractivity contribution in [2.45, 2.75) is 20.4 Å². The van der Waals surface area contributed by atoms with Crippen LogP contribution in [0.5, 0.6) is 5.88 Å². The van der Waals surface area contributed by atoms with E-state index in [-0.39, 0.29) is 23.6 Å². The van der Waals surface area contributed by atoms with Crippen LogP contribution in [0.25, 0.3) is 5.69 Å². The van der Waals surface area contributed by atoms with Crippen LogP contribution < -0.4 is 11.2 Å². The minimum Gasteiger partial charge on any atom is -0.493 e. The fourth-order valence-electron chi connectivity index (χ4n) is 2.77. The first-order valence-electron chi connectivity index (χ1n) is 8.28. The number of H-pyrrole nitrogens is 1. The summed E-state index contributed by atoms with van der Waals surface area (Å²) in [4.78, 5) is 31.1. The maximum atomic E-state index is 13.0. The van der Waals surface area contributed by atoms with Crippen molar-refractivity contribution in [1.82, 2.24) is 9.55 Å². The van der Waals surface area contributed by atoms with E-state index >= 15 is 0 Å². The number of aromatic amines is 1. The van der Waals surface area contributed by atoms with E-state index in [9.17, 15) is 19.1 Å². The number of para-hydroxylation sites is 1. The number of hydrogen-bond acceptors (Lipinski definition) is 4. The third-order valence-electron chi connectivity index (χ3n) is 4.22. The van der Waals surface area contributed by atoms with Gasteiger partial charge in [-0.2, -0.15) is 0 Å². The molecule has 1 aromatic heterocycles. The molecule has 0 bridgehead atoms. The molecule has 0 aliphatic rings. The Morgan fingerprint density at radius 1 is 1.15 bits per heavy atom. The van der Waals surface area contributed by atoms with Gasteiger partial charge in [0.15, 0.2) is 0 Å². The highest BCUT2D eigenvalue weighted by molar-refractivity contribution is 6.00. The summed E-state index contributed by atoms with van der Waals surface area (Å²) < 4.78 is 14.0. The minimum atomic E-state index is -0.734. The second-order valence-corrected chi connectivity index (χ2v) is 6.11.